The molecule has 0 unspecified atom stereocenters. The Morgan fingerprint density at radius 3 is 2.35 bits per heavy atom. The molecule has 1 aromatic carbocycles. The molecule has 6 rings (SSSR count). The zero-order valence-electron chi connectivity index (χ0n) is 29.0. The number of likely N-dealkylation sites (N-methyl/N-ethyl adjacent to an activating group) is 1. The van der Waals surface area contributed by atoms with Gasteiger partial charge >= 0.3 is 0 Å². The second-order valence-corrected chi connectivity index (χ2v) is 15.4. The smallest absolute Gasteiger partial charge is 0.257 e. The van der Waals surface area contributed by atoms with Gasteiger partial charge in [0.1, 0.15) is 6.04 Å². The molecule has 4 fully saturated rings. The van der Waals surface area contributed by atoms with Crippen molar-refractivity contribution in [3.63, 3.8) is 0 Å². The Bertz CT molecular complexity index is 1480. The molecule has 260 valence electrons. The van der Waals surface area contributed by atoms with Crippen LogP contribution in [-0.2, 0) is 25.7 Å². The van der Waals surface area contributed by atoms with Crippen LogP contribution in [0.15, 0.2) is 42.7 Å². The van der Waals surface area contributed by atoms with Crippen LogP contribution in [0.3, 0.4) is 0 Å². The van der Waals surface area contributed by atoms with E-state index >= 15 is 0 Å². The van der Waals surface area contributed by atoms with Crippen molar-refractivity contribution in [1.82, 2.24) is 30.2 Å². The summed E-state index contributed by atoms with van der Waals surface area (Å²) >= 11 is 0. The van der Waals surface area contributed by atoms with Gasteiger partial charge in [-0.05, 0) is 36.7 Å². The van der Waals surface area contributed by atoms with Crippen LogP contribution in [0, 0.1) is 28.6 Å². The van der Waals surface area contributed by atoms with Gasteiger partial charge in [0, 0.05) is 57.4 Å². The van der Waals surface area contributed by atoms with Gasteiger partial charge in [-0.2, -0.15) is 5.10 Å². The lowest BCUT2D eigenvalue weighted by Gasteiger charge is -2.50. The van der Waals surface area contributed by atoms with Crippen LogP contribution in [0.25, 0.3) is 0 Å². The van der Waals surface area contributed by atoms with Crippen LogP contribution in [0.2, 0.25) is 0 Å². The third-order valence-corrected chi connectivity index (χ3v) is 11.4. The van der Waals surface area contributed by atoms with Gasteiger partial charge in [-0.1, -0.05) is 76.3 Å². The zero-order valence-corrected chi connectivity index (χ0v) is 29.0. The number of ether oxygens (including phenoxy) is 1. The molecule has 48 heavy (non-hydrogen) atoms. The third kappa shape index (κ3) is 7.31. The van der Waals surface area contributed by atoms with Gasteiger partial charge in [-0.15, -0.1) is 0 Å². The lowest BCUT2D eigenvalue weighted by Crippen LogP contribution is -2.65. The number of nitrogens with one attached hydrogen (secondary N) is 2. The second-order valence-electron chi connectivity index (χ2n) is 15.4. The minimum atomic E-state index is -0.878. The molecule has 0 bridgehead atoms. The van der Waals surface area contributed by atoms with E-state index in [9.17, 15) is 19.2 Å². The van der Waals surface area contributed by atoms with Crippen molar-refractivity contribution in [1.29, 1.82) is 0 Å². The lowest BCUT2D eigenvalue weighted by atomic mass is 9.70. The van der Waals surface area contributed by atoms with Gasteiger partial charge in [0.15, 0.2) is 0 Å². The van der Waals surface area contributed by atoms with E-state index in [1.54, 1.807) is 29.0 Å². The predicted molar refractivity (Wildman–Crippen MR) is 181 cm³/mol. The van der Waals surface area contributed by atoms with Crippen LogP contribution in [0.4, 0.5) is 0 Å². The molecule has 2 N–H and O–H groups in total. The van der Waals surface area contributed by atoms with Crippen molar-refractivity contribution < 1.29 is 23.9 Å². The number of carbonyl (C=O) groups is 4. The van der Waals surface area contributed by atoms with Crippen molar-refractivity contribution >= 4 is 23.6 Å². The van der Waals surface area contributed by atoms with E-state index < -0.39 is 23.5 Å². The molecule has 2 saturated carbocycles. The van der Waals surface area contributed by atoms with Crippen molar-refractivity contribution in [3.05, 3.63) is 53.9 Å². The van der Waals surface area contributed by atoms with Gasteiger partial charge in [0.25, 0.3) is 5.91 Å². The van der Waals surface area contributed by atoms with Crippen molar-refractivity contribution in [2.24, 2.45) is 28.6 Å². The fraction of sp³-hybridized carbons (Fsp3) is 0.649. The number of rotatable bonds is 12. The van der Waals surface area contributed by atoms with Gasteiger partial charge in [-0.3, -0.25) is 23.9 Å². The topological polar surface area (TPSA) is 126 Å². The molecule has 4 atom stereocenters. The monoisotopic (exact) mass is 660 g/mol. The molecule has 3 heterocycles. The number of hydrogen-bond acceptors (Lipinski definition) is 6. The fourth-order valence-corrected chi connectivity index (χ4v) is 8.10. The van der Waals surface area contributed by atoms with E-state index in [1.807, 2.05) is 42.2 Å². The Morgan fingerprint density at radius 2 is 1.69 bits per heavy atom. The van der Waals surface area contributed by atoms with Gasteiger partial charge in [0.05, 0.1) is 30.3 Å². The summed E-state index contributed by atoms with van der Waals surface area (Å²) in [5.74, 6) is -0.614. The first-order valence-corrected chi connectivity index (χ1v) is 17.8. The maximum absolute atomic E-state index is 14.1. The highest BCUT2D eigenvalue weighted by atomic mass is 16.5. The summed E-state index contributed by atoms with van der Waals surface area (Å²) in [5.41, 5.74) is 0.944. The Kier molecular flexibility index (Phi) is 9.97. The molecule has 1 spiro atoms. The normalized spacial score (nSPS) is 24.1. The molecule has 1 aromatic heterocycles. The summed E-state index contributed by atoms with van der Waals surface area (Å²) < 4.78 is 7.89. The lowest BCUT2D eigenvalue weighted by molar-refractivity contribution is -0.152. The fourth-order valence-electron chi connectivity index (χ4n) is 8.10. The van der Waals surface area contributed by atoms with Gasteiger partial charge < -0.3 is 25.2 Å². The molecular weight excluding hydrogens is 608 g/mol. The molecule has 2 saturated heterocycles. The Morgan fingerprint density at radius 1 is 1.00 bits per heavy atom. The van der Waals surface area contributed by atoms with Gasteiger partial charge in [-0.25, -0.2) is 0 Å². The van der Waals surface area contributed by atoms with Crippen LogP contribution in [0.1, 0.15) is 81.6 Å². The number of aromatic nitrogens is 2. The first-order chi connectivity index (χ1) is 23.0. The summed E-state index contributed by atoms with van der Waals surface area (Å²) in [7, 11) is 1.56. The number of nitrogens with zero attached hydrogens (tertiary/aromatic N) is 4. The van der Waals surface area contributed by atoms with Crippen LogP contribution < -0.4 is 10.6 Å². The molecule has 4 amide bonds. The molecule has 0 radical (unpaired) electrons. The molecule has 2 aliphatic heterocycles. The van der Waals surface area contributed by atoms with Crippen molar-refractivity contribution in [2.75, 3.05) is 39.8 Å². The maximum atomic E-state index is 14.1. The molecule has 11 nitrogen and oxygen atoms in total. The summed E-state index contributed by atoms with van der Waals surface area (Å²) in [4.78, 5) is 57.9. The van der Waals surface area contributed by atoms with Gasteiger partial charge in [0.2, 0.25) is 17.7 Å². The van der Waals surface area contributed by atoms with Crippen molar-refractivity contribution in [2.45, 2.75) is 84.4 Å². The highest BCUT2D eigenvalue weighted by Crippen LogP contribution is 2.54. The first kappa shape index (κ1) is 34.1. The van der Waals surface area contributed by atoms with Crippen LogP contribution in [0.5, 0.6) is 0 Å². The first-order valence-electron chi connectivity index (χ1n) is 17.8. The SMILES string of the molecule is CNC(=O)[C@@H](NC(=O)[C@H]1CN(C(=O)c2cnn(Cc3ccccc3)c2)CC12CN(C(=O)[C@H]1CC1(C)C)C2)[C@@H](C)OCCC1CCCCC1. The minimum Gasteiger partial charge on any atom is -0.376 e. The largest absolute Gasteiger partial charge is 0.376 e. The summed E-state index contributed by atoms with van der Waals surface area (Å²) in [5, 5.41) is 10.1. The Labute approximate surface area is 284 Å². The van der Waals surface area contributed by atoms with E-state index in [0.29, 0.717) is 44.3 Å². The zero-order chi connectivity index (χ0) is 34.1. The second kappa shape index (κ2) is 14.0. The number of benzene rings is 1. The molecule has 4 aliphatic rings. The van der Waals surface area contributed by atoms with E-state index in [-0.39, 0.29) is 41.5 Å². The quantitative estimate of drug-likeness (QED) is 0.359. The molecular formula is C37H52N6O5. The molecule has 2 aliphatic carbocycles. The average Bonchev–Trinajstić information content (AvgIpc) is 3.37. The number of hydrogen-bond donors (Lipinski definition) is 2. The van der Waals surface area contributed by atoms with E-state index in [2.05, 4.69) is 29.6 Å². The number of amides is 4. The third-order valence-electron chi connectivity index (χ3n) is 11.4. The molecule has 11 heteroatoms. The highest BCUT2D eigenvalue weighted by molar-refractivity contribution is 5.95. The maximum Gasteiger partial charge on any atom is 0.257 e. The standard InChI is InChI=1S/C37H52N6O5/c1-25(48-16-15-26-11-7-5-8-12-26)31(33(45)38-4)40-32(44)30-21-41(22-37(30)23-42(24-37)35(47)29-17-36(29,2)3)34(46)28-18-39-43(20-28)19-27-13-9-6-10-14-27/h6,9-10,13-14,18,20,25-26,29-31H,5,7-8,11-12,15-17,19,21-24H2,1-4H3,(H,38,45)(H,40,44)/t25-,29-,30-,31+/m1/s1. The van der Waals surface area contributed by atoms with E-state index in [4.69, 9.17) is 4.74 Å². The minimum absolute atomic E-state index is 0.000886. The summed E-state index contributed by atoms with van der Waals surface area (Å²) in [6.45, 7) is 8.48. The van der Waals surface area contributed by atoms with E-state index in [0.717, 1.165) is 18.4 Å². The molecule has 2 aromatic rings. The summed E-state index contributed by atoms with van der Waals surface area (Å²) in [6.07, 6.45) is 10.9. The average molecular weight is 661 g/mol. The van der Waals surface area contributed by atoms with Crippen LogP contribution >= 0.6 is 0 Å². The number of carbonyl (C=O) groups excluding carboxylic acids is 4. The number of likely N-dealkylation sites (tertiary alicyclic amines) is 2. The summed E-state index contributed by atoms with van der Waals surface area (Å²) in [6, 6.07) is 9.04. The van der Waals surface area contributed by atoms with Crippen molar-refractivity contribution in [3.8, 4) is 0 Å². The predicted octanol–water partition coefficient (Wildman–Crippen LogP) is 3.48. The van der Waals surface area contributed by atoms with Crippen LogP contribution in [-0.4, -0.2) is 95.2 Å². The Balaban J connectivity index is 1.14. The Hall–Kier alpha value is -3.73. The highest BCUT2D eigenvalue weighted by Gasteiger charge is 2.62. The van der Waals surface area contributed by atoms with E-state index in [1.165, 1.54) is 32.1 Å².